The van der Waals surface area contributed by atoms with Crippen LogP contribution in [0.1, 0.15) is 62.0 Å². The SMILES string of the molecule is CC1(C)C(/C=C/C=C/C=C2/N(CCCS(=O)(=O)O)c3cccc(C(=O)O)c3C2(C)C)=[N+](CCCS(=O)(=O)O)c2c1cc(S(=O)(=O)O)cc2S(=O)(=O)O. The van der Waals surface area contributed by atoms with E-state index in [2.05, 4.69) is 0 Å². The first-order valence-corrected chi connectivity index (χ1v) is 21.7. The van der Waals surface area contributed by atoms with Gasteiger partial charge in [0, 0.05) is 47.0 Å². The van der Waals surface area contributed by atoms with E-state index in [0.29, 0.717) is 28.7 Å². The zero-order valence-electron chi connectivity index (χ0n) is 28.5. The van der Waals surface area contributed by atoms with E-state index in [-0.39, 0.29) is 42.7 Å². The maximum Gasteiger partial charge on any atom is 0.336 e. The van der Waals surface area contributed by atoms with Crippen LogP contribution in [0.3, 0.4) is 0 Å². The average molecular weight is 804 g/mol. The molecule has 16 nitrogen and oxygen atoms in total. The van der Waals surface area contributed by atoms with E-state index in [1.54, 1.807) is 61.3 Å². The lowest BCUT2D eigenvalue weighted by Gasteiger charge is -2.27. The molecule has 0 atom stereocenters. The first-order valence-electron chi connectivity index (χ1n) is 15.6. The van der Waals surface area contributed by atoms with Gasteiger partial charge in [-0.1, -0.05) is 38.1 Å². The first kappa shape index (κ1) is 41.0. The van der Waals surface area contributed by atoms with Crippen molar-refractivity contribution in [3.05, 3.63) is 83.1 Å². The Morgan fingerprint density at radius 1 is 0.808 bits per heavy atom. The van der Waals surface area contributed by atoms with Crippen molar-refractivity contribution >= 4 is 63.5 Å². The highest BCUT2D eigenvalue weighted by Crippen LogP contribution is 2.49. The molecule has 0 unspecified atom stereocenters. The van der Waals surface area contributed by atoms with Crippen LogP contribution in [0.5, 0.6) is 0 Å². The molecular weight excluding hydrogens is 765 g/mol. The predicted molar refractivity (Wildman–Crippen MR) is 191 cm³/mol. The summed E-state index contributed by atoms with van der Waals surface area (Å²) in [6.07, 6.45) is 7.81. The number of aromatic carboxylic acids is 1. The van der Waals surface area contributed by atoms with E-state index in [9.17, 15) is 61.8 Å². The molecule has 2 aliphatic rings. The fraction of sp³-hybridized carbons (Fsp3) is 0.375. The minimum Gasteiger partial charge on any atom is -0.478 e. The summed E-state index contributed by atoms with van der Waals surface area (Å²) in [4.78, 5) is 12.3. The molecule has 2 heterocycles. The number of allylic oxidation sites excluding steroid dienone is 6. The molecule has 0 saturated heterocycles. The second kappa shape index (κ2) is 14.2. The Balaban J connectivity index is 1.82. The third kappa shape index (κ3) is 8.71. The summed E-state index contributed by atoms with van der Waals surface area (Å²) in [7, 11) is -18.7. The van der Waals surface area contributed by atoms with Gasteiger partial charge in [-0.25, -0.2) is 4.79 Å². The van der Waals surface area contributed by atoms with E-state index in [1.807, 2.05) is 13.8 Å². The van der Waals surface area contributed by atoms with Crippen LogP contribution in [0.4, 0.5) is 11.4 Å². The van der Waals surface area contributed by atoms with E-state index < -0.39 is 78.6 Å². The van der Waals surface area contributed by atoms with Gasteiger partial charge in [-0.2, -0.15) is 38.2 Å². The number of benzene rings is 2. The van der Waals surface area contributed by atoms with Crippen molar-refractivity contribution in [1.29, 1.82) is 0 Å². The highest BCUT2D eigenvalue weighted by Gasteiger charge is 2.48. The highest BCUT2D eigenvalue weighted by molar-refractivity contribution is 7.87. The van der Waals surface area contributed by atoms with Crippen LogP contribution in [0.25, 0.3) is 0 Å². The first-order chi connectivity index (χ1) is 23.7. The average Bonchev–Trinajstić information content (AvgIpc) is 3.33. The van der Waals surface area contributed by atoms with Gasteiger partial charge in [-0.15, -0.1) is 0 Å². The number of fused-ring (bicyclic) bond motifs is 2. The van der Waals surface area contributed by atoms with Gasteiger partial charge < -0.3 is 10.0 Å². The number of anilines is 1. The normalized spacial score (nSPS) is 18.2. The van der Waals surface area contributed by atoms with E-state index in [0.717, 1.165) is 6.07 Å². The fourth-order valence-corrected chi connectivity index (χ4v) is 9.05. The standard InChI is InChI=1S/C32H38N2O14S4/c1-31(2)23-19-21(51(43,44)45)20-25(52(46,47)48)29(23)34(16-10-18-50(40,41)42)26(31)13-6-5-7-14-27-32(3,4)28-22(30(35)36)11-8-12-24(28)33(27)15-9-17-49(37,38)39/h5-8,11-14,19-20H,9-10,15-18H2,1-4H3,(H4-,35,36,37,38,39,40,41,42,43,44,45,46,47,48)/p+1. The molecular formula is C32H39N2O14S4+. The Labute approximate surface area is 302 Å². The Kier molecular flexibility index (Phi) is 11.2. The van der Waals surface area contributed by atoms with Gasteiger partial charge in [0.2, 0.25) is 5.69 Å². The number of rotatable bonds is 14. The largest absolute Gasteiger partial charge is 0.478 e. The molecule has 4 rings (SSSR count). The molecule has 0 fully saturated rings. The van der Waals surface area contributed by atoms with Crippen LogP contribution >= 0.6 is 0 Å². The number of hydrogen-bond acceptors (Lipinski definition) is 10. The van der Waals surface area contributed by atoms with E-state index >= 15 is 0 Å². The van der Waals surface area contributed by atoms with E-state index in [1.165, 1.54) is 10.6 Å². The molecule has 52 heavy (non-hydrogen) atoms. The molecule has 0 radical (unpaired) electrons. The summed E-state index contributed by atoms with van der Waals surface area (Å²) in [6, 6.07) is 6.39. The highest BCUT2D eigenvalue weighted by atomic mass is 32.2. The van der Waals surface area contributed by atoms with Crippen molar-refractivity contribution in [3.63, 3.8) is 0 Å². The third-order valence-electron chi connectivity index (χ3n) is 8.92. The number of carboxylic acids is 1. The van der Waals surface area contributed by atoms with Crippen molar-refractivity contribution in [3.8, 4) is 0 Å². The summed E-state index contributed by atoms with van der Waals surface area (Å²) in [5.41, 5.74) is -0.0810. The van der Waals surface area contributed by atoms with Crippen molar-refractivity contribution in [1.82, 2.24) is 0 Å². The molecule has 5 N–H and O–H groups in total. The molecule has 0 aromatic heterocycles. The zero-order valence-corrected chi connectivity index (χ0v) is 31.7. The van der Waals surface area contributed by atoms with Gasteiger partial charge in [-0.3, -0.25) is 18.2 Å². The quantitative estimate of drug-likeness (QED) is 0.104. The molecule has 0 spiro atoms. The van der Waals surface area contributed by atoms with Crippen molar-refractivity contribution in [2.24, 2.45) is 0 Å². The minimum absolute atomic E-state index is 0.0266. The number of nitrogens with zero attached hydrogens (tertiary/aromatic N) is 2. The van der Waals surface area contributed by atoms with Gasteiger partial charge in [0.25, 0.3) is 30.4 Å². The molecule has 2 aromatic carbocycles. The van der Waals surface area contributed by atoms with Crippen molar-refractivity contribution < 1.29 is 66.4 Å². The Morgan fingerprint density at radius 3 is 1.98 bits per heavy atom. The lowest BCUT2D eigenvalue weighted by molar-refractivity contribution is -0.440. The molecule has 0 bridgehead atoms. The van der Waals surface area contributed by atoms with Crippen LogP contribution in [0.2, 0.25) is 0 Å². The minimum atomic E-state index is -5.10. The molecule has 2 aliphatic heterocycles. The summed E-state index contributed by atoms with van der Waals surface area (Å²) in [5.74, 6) is -2.37. The molecule has 20 heteroatoms. The monoisotopic (exact) mass is 803 g/mol. The fourth-order valence-electron chi connectivity index (χ4n) is 6.71. The summed E-state index contributed by atoms with van der Waals surface area (Å²) in [6.45, 7) is 6.77. The number of carboxylic acid groups (broad SMARTS) is 1. The second-order valence-corrected chi connectivity index (χ2v) is 19.2. The third-order valence-corrected chi connectivity index (χ3v) is 12.2. The maximum atomic E-state index is 12.5. The van der Waals surface area contributed by atoms with Crippen LogP contribution in [-0.2, 0) is 51.3 Å². The molecule has 0 aliphatic carbocycles. The smallest absolute Gasteiger partial charge is 0.336 e. The van der Waals surface area contributed by atoms with Gasteiger partial charge >= 0.3 is 16.1 Å². The number of carbonyl (C=O) groups is 1. The van der Waals surface area contributed by atoms with Gasteiger partial charge in [-0.05, 0) is 50.6 Å². The molecule has 0 saturated carbocycles. The Morgan fingerprint density at radius 2 is 1.42 bits per heavy atom. The van der Waals surface area contributed by atoms with Crippen LogP contribution in [0, 0.1) is 0 Å². The number of hydrogen-bond donors (Lipinski definition) is 5. The van der Waals surface area contributed by atoms with Crippen molar-refractivity contribution in [2.75, 3.05) is 29.5 Å². The van der Waals surface area contributed by atoms with Gasteiger partial charge in [0.05, 0.1) is 27.4 Å². The predicted octanol–water partition coefficient (Wildman–Crippen LogP) is 3.60. The summed E-state index contributed by atoms with van der Waals surface area (Å²) >= 11 is 0. The lowest BCUT2D eigenvalue weighted by Crippen LogP contribution is -2.28. The van der Waals surface area contributed by atoms with E-state index in [4.69, 9.17) is 0 Å². The summed E-state index contributed by atoms with van der Waals surface area (Å²) < 4.78 is 135. The lowest BCUT2D eigenvalue weighted by atomic mass is 9.81. The Bertz CT molecular complexity index is 2390. The zero-order chi connectivity index (χ0) is 39.2. The molecule has 2 aromatic rings. The summed E-state index contributed by atoms with van der Waals surface area (Å²) in [5, 5.41) is 9.91. The van der Waals surface area contributed by atoms with Crippen LogP contribution < -0.4 is 4.90 Å². The maximum absolute atomic E-state index is 12.5. The molecule has 0 amide bonds. The molecule has 284 valence electrons. The van der Waals surface area contributed by atoms with Gasteiger partial charge in [0.1, 0.15) is 6.54 Å². The van der Waals surface area contributed by atoms with Gasteiger partial charge in [0.15, 0.2) is 10.6 Å². The second-order valence-electron chi connectivity index (χ2n) is 13.3. The van der Waals surface area contributed by atoms with Crippen LogP contribution in [0.15, 0.2) is 76.2 Å². The van der Waals surface area contributed by atoms with Crippen molar-refractivity contribution in [2.45, 2.75) is 61.2 Å². The Hall–Kier alpha value is -3.76. The topological polar surface area (TPSA) is 261 Å². The van der Waals surface area contributed by atoms with Crippen LogP contribution in [-0.4, -0.2) is 97.8 Å².